The fourth-order valence-electron chi connectivity index (χ4n) is 2.13. The van der Waals surface area contributed by atoms with Crippen LogP contribution in [0.2, 0.25) is 0 Å². The van der Waals surface area contributed by atoms with E-state index in [1.54, 1.807) is 12.1 Å². The average molecular weight is 285 g/mol. The van der Waals surface area contributed by atoms with Gasteiger partial charge in [-0.15, -0.1) is 0 Å². The van der Waals surface area contributed by atoms with Gasteiger partial charge in [0.15, 0.2) is 0 Å². The van der Waals surface area contributed by atoms with Crippen molar-refractivity contribution in [2.24, 2.45) is 5.92 Å². The number of hydrogen-bond donors (Lipinski definition) is 1. The van der Waals surface area contributed by atoms with Crippen molar-refractivity contribution >= 4 is 11.9 Å². The summed E-state index contributed by atoms with van der Waals surface area (Å²) in [6.07, 6.45) is -0.0252. The molecule has 0 bridgehead atoms. The number of carboxylic acids is 1. The number of likely N-dealkylation sites (tertiary alicyclic amines) is 1. The van der Waals surface area contributed by atoms with E-state index in [-0.39, 0.29) is 31.2 Å². The highest BCUT2D eigenvalue weighted by molar-refractivity contribution is 5.86. The lowest BCUT2D eigenvalue weighted by atomic mass is 10.1. The topological polar surface area (TPSA) is 66.8 Å². The second-order valence-electron chi connectivity index (χ2n) is 4.54. The zero-order valence-electron chi connectivity index (χ0n) is 10.5. The first kappa shape index (κ1) is 14.2. The molecule has 1 heterocycles. The molecule has 2 rings (SSSR count). The molecular weight excluding hydrogens is 272 g/mol. The number of alkyl halides is 2. The molecule has 108 valence electrons. The quantitative estimate of drug-likeness (QED) is 0.894. The van der Waals surface area contributed by atoms with E-state index in [2.05, 4.69) is 4.74 Å². The van der Waals surface area contributed by atoms with Gasteiger partial charge < -0.3 is 14.7 Å². The maximum atomic E-state index is 12.1. The van der Waals surface area contributed by atoms with Crippen molar-refractivity contribution in [2.45, 2.75) is 19.6 Å². The lowest BCUT2D eigenvalue weighted by Gasteiger charge is -2.16. The highest BCUT2D eigenvalue weighted by Crippen LogP contribution is 2.22. The van der Waals surface area contributed by atoms with E-state index in [1.165, 1.54) is 17.0 Å². The standard InChI is InChI=1S/C13H13F2NO4/c14-13(15)20-10-3-1-2-8(4-10)6-16-7-9(12(18)19)5-11(16)17/h1-4,9,13H,5-7H2,(H,18,19). The van der Waals surface area contributed by atoms with Gasteiger partial charge >= 0.3 is 12.6 Å². The SMILES string of the molecule is O=C(O)C1CC(=O)N(Cc2cccc(OC(F)F)c2)C1. The summed E-state index contributed by atoms with van der Waals surface area (Å²) in [5.74, 6) is -1.95. The third kappa shape index (κ3) is 3.43. The Kier molecular flexibility index (Phi) is 4.16. The Morgan fingerprint density at radius 3 is 2.85 bits per heavy atom. The number of nitrogens with zero attached hydrogens (tertiary/aromatic N) is 1. The zero-order chi connectivity index (χ0) is 14.7. The number of halogens is 2. The van der Waals surface area contributed by atoms with E-state index in [0.717, 1.165) is 0 Å². The molecule has 7 heteroatoms. The smallest absolute Gasteiger partial charge is 0.387 e. The van der Waals surface area contributed by atoms with Crippen molar-refractivity contribution in [3.63, 3.8) is 0 Å². The summed E-state index contributed by atoms with van der Waals surface area (Å²) in [7, 11) is 0. The van der Waals surface area contributed by atoms with Crippen molar-refractivity contribution in [3.05, 3.63) is 29.8 Å². The van der Waals surface area contributed by atoms with Crippen LogP contribution < -0.4 is 4.74 Å². The van der Waals surface area contributed by atoms with Crippen LogP contribution in [0.5, 0.6) is 5.75 Å². The monoisotopic (exact) mass is 285 g/mol. The average Bonchev–Trinajstić information content (AvgIpc) is 2.71. The first-order valence-corrected chi connectivity index (χ1v) is 6.00. The molecule has 1 fully saturated rings. The molecule has 1 aliphatic heterocycles. The molecule has 1 unspecified atom stereocenters. The Hall–Kier alpha value is -2.18. The number of ether oxygens (including phenoxy) is 1. The van der Waals surface area contributed by atoms with Gasteiger partial charge in [0, 0.05) is 19.5 Å². The van der Waals surface area contributed by atoms with Crippen LogP contribution in [0.3, 0.4) is 0 Å². The first-order valence-electron chi connectivity index (χ1n) is 6.00. The number of rotatable bonds is 5. The van der Waals surface area contributed by atoms with Gasteiger partial charge in [0.2, 0.25) is 5.91 Å². The van der Waals surface area contributed by atoms with Crippen LogP contribution in [0.15, 0.2) is 24.3 Å². The number of carbonyl (C=O) groups is 2. The largest absolute Gasteiger partial charge is 0.481 e. The van der Waals surface area contributed by atoms with E-state index < -0.39 is 18.5 Å². The van der Waals surface area contributed by atoms with E-state index in [0.29, 0.717) is 5.56 Å². The first-order chi connectivity index (χ1) is 9.45. The van der Waals surface area contributed by atoms with Crippen LogP contribution in [0, 0.1) is 5.92 Å². The van der Waals surface area contributed by atoms with Gasteiger partial charge in [-0.1, -0.05) is 12.1 Å². The van der Waals surface area contributed by atoms with Crippen LogP contribution in [0.4, 0.5) is 8.78 Å². The molecule has 1 aromatic carbocycles. The lowest BCUT2D eigenvalue weighted by molar-refractivity contribution is -0.141. The fourth-order valence-corrected chi connectivity index (χ4v) is 2.13. The fraction of sp³-hybridized carbons (Fsp3) is 0.385. The summed E-state index contributed by atoms with van der Waals surface area (Å²) in [6.45, 7) is -2.59. The molecule has 0 spiro atoms. The zero-order valence-corrected chi connectivity index (χ0v) is 10.5. The normalized spacial score (nSPS) is 18.6. The second kappa shape index (κ2) is 5.85. The number of carboxylic acid groups (broad SMARTS) is 1. The molecule has 1 aromatic rings. The van der Waals surface area contributed by atoms with E-state index in [4.69, 9.17) is 5.11 Å². The predicted octanol–water partition coefficient (Wildman–Crippen LogP) is 1.72. The number of benzene rings is 1. The highest BCUT2D eigenvalue weighted by atomic mass is 19.3. The molecule has 1 aliphatic rings. The van der Waals surface area contributed by atoms with Gasteiger partial charge in [0.25, 0.3) is 0 Å². The molecule has 20 heavy (non-hydrogen) atoms. The van der Waals surface area contributed by atoms with E-state index in [1.807, 2.05) is 0 Å². The van der Waals surface area contributed by atoms with E-state index in [9.17, 15) is 18.4 Å². The molecular formula is C13H13F2NO4. The Morgan fingerprint density at radius 2 is 2.25 bits per heavy atom. The number of hydrogen-bond acceptors (Lipinski definition) is 3. The molecule has 0 aromatic heterocycles. The maximum Gasteiger partial charge on any atom is 0.387 e. The van der Waals surface area contributed by atoms with Gasteiger partial charge in [0.05, 0.1) is 5.92 Å². The minimum atomic E-state index is -2.91. The summed E-state index contributed by atoms with van der Waals surface area (Å²) in [5.41, 5.74) is 0.613. The number of amides is 1. The molecule has 5 nitrogen and oxygen atoms in total. The highest BCUT2D eigenvalue weighted by Gasteiger charge is 2.34. The van der Waals surface area contributed by atoms with Crippen molar-refractivity contribution in [1.29, 1.82) is 0 Å². The molecule has 1 atom stereocenters. The Labute approximate surface area is 113 Å². The molecule has 0 radical (unpaired) electrons. The Balaban J connectivity index is 2.03. The van der Waals surface area contributed by atoms with E-state index >= 15 is 0 Å². The summed E-state index contributed by atoms with van der Waals surface area (Å²) >= 11 is 0. The Bertz CT molecular complexity index is 521. The van der Waals surface area contributed by atoms with Gasteiger partial charge in [0.1, 0.15) is 5.75 Å². The van der Waals surface area contributed by atoms with Gasteiger partial charge in [-0.3, -0.25) is 9.59 Å². The minimum Gasteiger partial charge on any atom is -0.481 e. The number of aliphatic carboxylic acids is 1. The van der Waals surface area contributed by atoms with Crippen molar-refractivity contribution < 1.29 is 28.2 Å². The van der Waals surface area contributed by atoms with Crippen LogP contribution in [0.25, 0.3) is 0 Å². The van der Waals surface area contributed by atoms with Crippen LogP contribution in [-0.4, -0.2) is 35.0 Å². The molecule has 1 saturated heterocycles. The van der Waals surface area contributed by atoms with Gasteiger partial charge in [-0.25, -0.2) is 0 Å². The van der Waals surface area contributed by atoms with Crippen LogP contribution in [-0.2, 0) is 16.1 Å². The predicted molar refractivity (Wildman–Crippen MR) is 64.2 cm³/mol. The van der Waals surface area contributed by atoms with Crippen LogP contribution in [0.1, 0.15) is 12.0 Å². The van der Waals surface area contributed by atoms with Crippen molar-refractivity contribution in [1.82, 2.24) is 4.90 Å². The molecule has 0 aliphatic carbocycles. The summed E-state index contributed by atoms with van der Waals surface area (Å²) in [5, 5.41) is 8.88. The third-order valence-electron chi connectivity index (χ3n) is 3.06. The van der Waals surface area contributed by atoms with Crippen molar-refractivity contribution in [3.8, 4) is 5.75 Å². The summed E-state index contributed by atoms with van der Waals surface area (Å²) in [4.78, 5) is 23.9. The molecule has 0 saturated carbocycles. The second-order valence-corrected chi connectivity index (χ2v) is 4.54. The summed E-state index contributed by atoms with van der Waals surface area (Å²) < 4.78 is 28.5. The number of carbonyl (C=O) groups excluding carboxylic acids is 1. The van der Waals surface area contributed by atoms with Crippen molar-refractivity contribution in [2.75, 3.05) is 6.54 Å². The van der Waals surface area contributed by atoms with Crippen LogP contribution >= 0.6 is 0 Å². The van der Waals surface area contributed by atoms with Gasteiger partial charge in [-0.2, -0.15) is 8.78 Å². The summed E-state index contributed by atoms with van der Waals surface area (Å²) in [6, 6.07) is 6.01. The minimum absolute atomic E-state index is 0.0129. The molecule has 1 N–H and O–H groups in total. The Morgan fingerprint density at radius 1 is 1.50 bits per heavy atom. The third-order valence-corrected chi connectivity index (χ3v) is 3.06. The lowest BCUT2D eigenvalue weighted by Crippen LogP contribution is -2.25. The van der Waals surface area contributed by atoms with Gasteiger partial charge in [-0.05, 0) is 17.7 Å². The maximum absolute atomic E-state index is 12.1. The molecule has 1 amide bonds.